The van der Waals surface area contributed by atoms with E-state index < -0.39 is 0 Å². The lowest BCUT2D eigenvalue weighted by Crippen LogP contribution is -1.95. The Morgan fingerprint density at radius 2 is 2.33 bits per heavy atom. The van der Waals surface area contributed by atoms with Crippen molar-refractivity contribution in [1.29, 1.82) is 5.26 Å². The van der Waals surface area contributed by atoms with Crippen LogP contribution in [0.4, 0.5) is 0 Å². The van der Waals surface area contributed by atoms with Crippen LogP contribution in [-0.4, -0.2) is 7.05 Å². The average molecular weight is 219 g/mol. The summed E-state index contributed by atoms with van der Waals surface area (Å²) in [6, 6.07) is 7.32. The van der Waals surface area contributed by atoms with E-state index >= 15 is 0 Å². The Labute approximate surface area is 94.5 Å². The van der Waals surface area contributed by atoms with Gasteiger partial charge in [-0.15, -0.1) is 0 Å². The zero-order valence-corrected chi connectivity index (χ0v) is 9.17. The topological polar surface area (TPSA) is 35.8 Å². The van der Waals surface area contributed by atoms with Crippen LogP contribution in [0.5, 0.6) is 0 Å². The number of hydrogen-bond acceptors (Lipinski definition) is 2. The van der Waals surface area contributed by atoms with Crippen molar-refractivity contribution in [3.63, 3.8) is 0 Å². The fourth-order valence-corrected chi connectivity index (χ4v) is 1.42. The Morgan fingerprint density at radius 1 is 1.60 bits per heavy atom. The lowest BCUT2D eigenvalue weighted by molar-refractivity contribution is 1.11. The first kappa shape index (κ1) is 11.4. The van der Waals surface area contributed by atoms with Gasteiger partial charge in [-0.2, -0.15) is 5.26 Å². The fourth-order valence-electron chi connectivity index (χ4n) is 1.20. The summed E-state index contributed by atoms with van der Waals surface area (Å²) in [4.78, 5) is 0. The molecule has 15 heavy (non-hydrogen) atoms. The first-order valence-corrected chi connectivity index (χ1v) is 4.80. The van der Waals surface area contributed by atoms with Crippen LogP contribution in [0.15, 0.2) is 37.1 Å². The van der Waals surface area contributed by atoms with Crippen LogP contribution in [0.25, 0.3) is 5.57 Å². The highest BCUT2D eigenvalue weighted by Gasteiger charge is 2.02. The molecule has 76 valence electrons. The van der Waals surface area contributed by atoms with Gasteiger partial charge in [-0.3, -0.25) is 0 Å². The standard InChI is InChI=1S/C12H11ClN2/c1-3-9(8-15-2)10-4-5-11(7-14)12(13)6-10/h3-6,8,15H,1H2,2H3/b9-8+. The predicted octanol–water partition coefficient (Wildman–Crippen LogP) is 2.96. The highest BCUT2D eigenvalue weighted by molar-refractivity contribution is 6.31. The van der Waals surface area contributed by atoms with Gasteiger partial charge in [0.15, 0.2) is 0 Å². The molecule has 1 N–H and O–H groups in total. The molecule has 1 rings (SSSR count). The van der Waals surface area contributed by atoms with Gasteiger partial charge < -0.3 is 5.32 Å². The van der Waals surface area contributed by atoms with Gasteiger partial charge in [-0.25, -0.2) is 0 Å². The van der Waals surface area contributed by atoms with Crippen LogP contribution in [0.2, 0.25) is 5.02 Å². The van der Waals surface area contributed by atoms with E-state index in [1.54, 1.807) is 18.2 Å². The molecule has 0 saturated carbocycles. The lowest BCUT2D eigenvalue weighted by atomic mass is 10.1. The predicted molar refractivity (Wildman–Crippen MR) is 63.4 cm³/mol. The fraction of sp³-hybridized carbons (Fsp3) is 0.0833. The molecule has 0 saturated heterocycles. The first-order chi connectivity index (χ1) is 7.22. The van der Waals surface area contributed by atoms with E-state index in [-0.39, 0.29) is 0 Å². The van der Waals surface area contributed by atoms with E-state index in [4.69, 9.17) is 16.9 Å². The summed E-state index contributed by atoms with van der Waals surface area (Å²) in [5, 5.41) is 12.1. The van der Waals surface area contributed by atoms with E-state index in [9.17, 15) is 0 Å². The molecule has 1 aromatic carbocycles. The minimum absolute atomic E-state index is 0.457. The average Bonchev–Trinajstić information content (AvgIpc) is 2.25. The zero-order chi connectivity index (χ0) is 11.3. The second kappa shape index (κ2) is 5.23. The highest BCUT2D eigenvalue weighted by Crippen LogP contribution is 2.22. The smallest absolute Gasteiger partial charge is 0.101 e. The van der Waals surface area contributed by atoms with Crippen LogP contribution in [0, 0.1) is 11.3 Å². The molecule has 0 amide bonds. The third-order valence-electron chi connectivity index (χ3n) is 1.94. The summed E-state index contributed by atoms with van der Waals surface area (Å²) < 4.78 is 0. The molecular weight excluding hydrogens is 208 g/mol. The molecule has 0 fully saturated rings. The Bertz CT molecular complexity index is 441. The summed E-state index contributed by atoms with van der Waals surface area (Å²) in [5.74, 6) is 0. The van der Waals surface area contributed by atoms with E-state index in [0.29, 0.717) is 10.6 Å². The van der Waals surface area contributed by atoms with Gasteiger partial charge in [0, 0.05) is 13.2 Å². The normalized spacial score (nSPS) is 10.6. The number of allylic oxidation sites excluding steroid dienone is 2. The number of rotatable bonds is 3. The van der Waals surface area contributed by atoms with Gasteiger partial charge in [-0.05, 0) is 23.3 Å². The molecule has 2 nitrogen and oxygen atoms in total. The van der Waals surface area contributed by atoms with E-state index in [0.717, 1.165) is 11.1 Å². The van der Waals surface area contributed by atoms with Crippen molar-refractivity contribution in [1.82, 2.24) is 5.32 Å². The molecular formula is C12H11ClN2. The Kier molecular flexibility index (Phi) is 3.96. The molecule has 0 radical (unpaired) electrons. The number of benzene rings is 1. The third-order valence-corrected chi connectivity index (χ3v) is 2.26. The van der Waals surface area contributed by atoms with Gasteiger partial charge in [0.25, 0.3) is 0 Å². The van der Waals surface area contributed by atoms with Crippen LogP contribution in [0.3, 0.4) is 0 Å². The van der Waals surface area contributed by atoms with E-state index in [1.165, 1.54) is 0 Å². The van der Waals surface area contributed by atoms with E-state index in [1.807, 2.05) is 25.4 Å². The third kappa shape index (κ3) is 2.61. The van der Waals surface area contributed by atoms with Crippen LogP contribution in [-0.2, 0) is 0 Å². The lowest BCUT2D eigenvalue weighted by Gasteiger charge is -2.04. The van der Waals surface area contributed by atoms with Crippen molar-refractivity contribution in [2.75, 3.05) is 7.05 Å². The number of nitrogens with zero attached hydrogens (tertiary/aromatic N) is 1. The van der Waals surface area contributed by atoms with Gasteiger partial charge >= 0.3 is 0 Å². The maximum absolute atomic E-state index is 8.73. The van der Waals surface area contributed by atoms with E-state index in [2.05, 4.69) is 11.9 Å². The first-order valence-electron chi connectivity index (χ1n) is 4.42. The molecule has 0 spiro atoms. The second-order valence-electron chi connectivity index (χ2n) is 2.90. The summed E-state index contributed by atoms with van der Waals surface area (Å²) in [7, 11) is 1.81. The SMILES string of the molecule is C=C/C(=C\NC)c1ccc(C#N)c(Cl)c1. The molecule has 0 unspecified atom stereocenters. The molecule has 0 bridgehead atoms. The van der Waals surface area contributed by atoms with Crippen molar-refractivity contribution in [2.45, 2.75) is 0 Å². The second-order valence-corrected chi connectivity index (χ2v) is 3.31. The molecule has 0 aliphatic heterocycles. The maximum Gasteiger partial charge on any atom is 0.101 e. The van der Waals surface area contributed by atoms with Crippen molar-refractivity contribution in [2.24, 2.45) is 0 Å². The number of nitrogens with one attached hydrogen (secondary N) is 1. The highest BCUT2D eigenvalue weighted by atomic mass is 35.5. The largest absolute Gasteiger partial charge is 0.393 e. The number of hydrogen-bond donors (Lipinski definition) is 1. The number of halogens is 1. The Balaban J connectivity index is 3.18. The maximum atomic E-state index is 8.73. The zero-order valence-electron chi connectivity index (χ0n) is 8.42. The van der Waals surface area contributed by atoms with Gasteiger partial charge in [-0.1, -0.05) is 30.3 Å². The van der Waals surface area contributed by atoms with Crippen molar-refractivity contribution in [3.8, 4) is 6.07 Å². The van der Waals surface area contributed by atoms with Crippen LogP contribution < -0.4 is 5.32 Å². The van der Waals surface area contributed by atoms with Crippen molar-refractivity contribution in [3.05, 3.63) is 53.2 Å². The minimum Gasteiger partial charge on any atom is -0.393 e. The summed E-state index contributed by atoms with van der Waals surface area (Å²) in [5.41, 5.74) is 2.35. The molecule has 1 aromatic rings. The Morgan fingerprint density at radius 3 is 2.80 bits per heavy atom. The molecule has 0 atom stereocenters. The van der Waals surface area contributed by atoms with Crippen LogP contribution in [0.1, 0.15) is 11.1 Å². The minimum atomic E-state index is 0.457. The summed E-state index contributed by atoms with van der Waals surface area (Å²) >= 11 is 5.93. The molecule has 3 heteroatoms. The van der Waals surface area contributed by atoms with Gasteiger partial charge in [0.1, 0.15) is 6.07 Å². The molecule has 0 heterocycles. The van der Waals surface area contributed by atoms with Crippen molar-refractivity contribution >= 4 is 17.2 Å². The van der Waals surface area contributed by atoms with Gasteiger partial charge in [0.05, 0.1) is 10.6 Å². The van der Waals surface area contributed by atoms with Gasteiger partial charge in [0.2, 0.25) is 0 Å². The number of nitriles is 1. The van der Waals surface area contributed by atoms with Crippen LogP contribution >= 0.6 is 11.6 Å². The quantitative estimate of drug-likeness (QED) is 0.792. The molecule has 0 aromatic heterocycles. The monoisotopic (exact) mass is 218 g/mol. The summed E-state index contributed by atoms with van der Waals surface area (Å²) in [6.45, 7) is 3.71. The molecule has 0 aliphatic rings. The Hall–Kier alpha value is -1.72. The summed E-state index contributed by atoms with van der Waals surface area (Å²) in [6.07, 6.45) is 3.55. The van der Waals surface area contributed by atoms with Crippen molar-refractivity contribution < 1.29 is 0 Å². The molecule has 0 aliphatic carbocycles.